The minimum atomic E-state index is 0.610. The molecule has 0 saturated heterocycles. The van der Waals surface area contributed by atoms with Gasteiger partial charge in [0.1, 0.15) is 46.4 Å². The van der Waals surface area contributed by atoms with Crippen molar-refractivity contribution in [3.05, 3.63) is 128 Å². The fraction of sp³-hybridized carbons (Fsp3) is 0.0952. The number of thioether (sulfide) groups is 2. The molecular formula is C42H36N8O5S2. The molecule has 0 aliphatic heterocycles. The SMILES string of the molecule is COc1ccc(Nc2ccnc(SC)n2)c(N)c1.COc1ccc2c(c1)nc(-c1ccc3occc3c1)n2-c1ccnc(SC)n1.O=Cc1ccc2occc2c1. The minimum absolute atomic E-state index is 0.610. The van der Waals surface area contributed by atoms with Crippen LogP contribution in [0.25, 0.3) is 50.2 Å². The highest BCUT2D eigenvalue weighted by atomic mass is 32.2. The highest BCUT2D eigenvalue weighted by molar-refractivity contribution is 7.98. The number of hydrogen-bond acceptors (Lipinski definition) is 14. The van der Waals surface area contributed by atoms with Gasteiger partial charge >= 0.3 is 0 Å². The number of nitrogen functional groups attached to an aromatic ring is 1. The van der Waals surface area contributed by atoms with Gasteiger partial charge in [-0.3, -0.25) is 9.36 Å². The molecule has 0 saturated carbocycles. The number of fused-ring (bicyclic) bond motifs is 3. The summed E-state index contributed by atoms with van der Waals surface area (Å²) < 4.78 is 23.1. The van der Waals surface area contributed by atoms with Crippen molar-refractivity contribution in [2.75, 3.05) is 37.8 Å². The van der Waals surface area contributed by atoms with Crippen LogP contribution >= 0.6 is 23.5 Å². The third kappa shape index (κ3) is 8.85. The third-order valence-electron chi connectivity index (χ3n) is 8.55. The first kappa shape index (κ1) is 38.4. The number of ether oxygens (including phenoxy) is 2. The standard InChI is InChI=1S/C21H16N4O2S.C12H14N4OS.C9H6O2/c1-26-15-4-5-17-16(12-15)23-20(14-3-6-18-13(11-14)8-10-27-18)25(17)19-7-9-22-21(24-19)28-2;1-17-8-3-4-10(9(13)7-8)15-11-5-6-14-12(16-11)18-2;10-6-7-1-2-9-8(5-7)3-4-11-9/h3-12H,1-2H3;3-7H,13H2,1-2H3,(H,14,15,16);1-6H. The maximum atomic E-state index is 10.3. The van der Waals surface area contributed by atoms with Gasteiger partial charge in [0, 0.05) is 46.4 Å². The van der Waals surface area contributed by atoms with E-state index in [-0.39, 0.29) is 0 Å². The number of nitrogens with two attached hydrogens (primary N) is 1. The van der Waals surface area contributed by atoms with E-state index < -0.39 is 0 Å². The lowest BCUT2D eigenvalue weighted by Gasteiger charge is -2.10. The Balaban J connectivity index is 0.000000146. The molecule has 0 aliphatic rings. The van der Waals surface area contributed by atoms with Crippen LogP contribution in [0.2, 0.25) is 0 Å². The Labute approximate surface area is 335 Å². The first-order valence-electron chi connectivity index (χ1n) is 17.3. The zero-order chi connectivity index (χ0) is 39.7. The van der Waals surface area contributed by atoms with E-state index in [0.717, 1.165) is 73.7 Å². The molecule has 5 heterocycles. The molecule has 0 amide bonds. The van der Waals surface area contributed by atoms with Crippen LogP contribution in [0, 0.1) is 0 Å². The van der Waals surface area contributed by atoms with Crippen LogP contribution in [-0.2, 0) is 0 Å². The van der Waals surface area contributed by atoms with Crippen LogP contribution in [-0.4, -0.2) is 62.5 Å². The summed E-state index contributed by atoms with van der Waals surface area (Å²) in [6.45, 7) is 0. The summed E-state index contributed by atoms with van der Waals surface area (Å²) in [5, 5.41) is 6.58. The van der Waals surface area contributed by atoms with Crippen LogP contribution in [0.5, 0.6) is 11.5 Å². The molecule has 9 rings (SSSR count). The number of methoxy groups -OCH3 is 2. The van der Waals surface area contributed by atoms with E-state index in [2.05, 4.69) is 35.9 Å². The number of carbonyl (C=O) groups is 1. The van der Waals surface area contributed by atoms with Gasteiger partial charge in [-0.25, -0.2) is 24.9 Å². The molecule has 286 valence electrons. The Morgan fingerprint density at radius 2 is 1.39 bits per heavy atom. The van der Waals surface area contributed by atoms with E-state index in [1.165, 1.54) is 23.5 Å². The Kier molecular flexibility index (Phi) is 12.0. The van der Waals surface area contributed by atoms with Gasteiger partial charge < -0.3 is 29.4 Å². The van der Waals surface area contributed by atoms with E-state index in [9.17, 15) is 4.79 Å². The lowest BCUT2D eigenvalue weighted by molar-refractivity contribution is 0.112. The number of aldehydes is 1. The zero-order valence-electron chi connectivity index (χ0n) is 31.2. The van der Waals surface area contributed by atoms with E-state index in [1.807, 2.05) is 73.2 Å². The number of nitrogens with one attached hydrogen (secondary N) is 1. The summed E-state index contributed by atoms with van der Waals surface area (Å²) in [5.74, 6) is 3.78. The number of nitrogens with zero attached hydrogens (tertiary/aromatic N) is 6. The van der Waals surface area contributed by atoms with Gasteiger partial charge in [-0.2, -0.15) is 0 Å². The van der Waals surface area contributed by atoms with Gasteiger partial charge in [0.15, 0.2) is 10.3 Å². The molecule has 0 bridgehead atoms. The van der Waals surface area contributed by atoms with Crippen molar-refractivity contribution in [2.45, 2.75) is 10.3 Å². The molecule has 5 aromatic heterocycles. The van der Waals surface area contributed by atoms with Crippen LogP contribution in [0.15, 0.2) is 141 Å². The quantitative estimate of drug-likeness (QED) is 0.0612. The van der Waals surface area contributed by atoms with Crippen LogP contribution in [0.3, 0.4) is 0 Å². The molecule has 9 aromatic rings. The molecule has 0 fully saturated rings. The molecule has 13 nitrogen and oxygen atoms in total. The number of hydrogen-bond donors (Lipinski definition) is 2. The van der Waals surface area contributed by atoms with Gasteiger partial charge in [-0.15, -0.1) is 0 Å². The highest BCUT2D eigenvalue weighted by Gasteiger charge is 2.17. The first-order chi connectivity index (χ1) is 27.9. The topological polar surface area (TPSA) is 169 Å². The van der Waals surface area contributed by atoms with Gasteiger partial charge in [0.2, 0.25) is 0 Å². The Morgan fingerprint density at radius 3 is 2.09 bits per heavy atom. The zero-order valence-corrected chi connectivity index (χ0v) is 32.9. The molecule has 0 aliphatic carbocycles. The summed E-state index contributed by atoms with van der Waals surface area (Å²) in [4.78, 5) is 32.7. The number of benzene rings is 4. The Hall–Kier alpha value is -6.84. The highest BCUT2D eigenvalue weighted by Crippen LogP contribution is 2.32. The summed E-state index contributed by atoms with van der Waals surface area (Å²) in [6, 6.07) is 30.2. The maximum absolute atomic E-state index is 10.3. The van der Waals surface area contributed by atoms with Crippen LogP contribution in [0.4, 0.5) is 17.2 Å². The maximum Gasteiger partial charge on any atom is 0.189 e. The van der Waals surface area contributed by atoms with Crippen molar-refractivity contribution in [3.8, 4) is 28.7 Å². The second kappa shape index (κ2) is 17.7. The van der Waals surface area contributed by atoms with Crippen molar-refractivity contribution < 1.29 is 23.1 Å². The second-order valence-electron chi connectivity index (χ2n) is 12.0. The first-order valence-corrected chi connectivity index (χ1v) is 19.8. The monoisotopic (exact) mass is 796 g/mol. The number of imidazole rings is 1. The predicted octanol–water partition coefficient (Wildman–Crippen LogP) is 9.74. The minimum Gasteiger partial charge on any atom is -0.497 e. The Morgan fingerprint density at radius 1 is 0.719 bits per heavy atom. The molecule has 15 heteroatoms. The third-order valence-corrected chi connectivity index (χ3v) is 9.68. The number of furan rings is 2. The van der Waals surface area contributed by atoms with Crippen molar-refractivity contribution in [1.82, 2.24) is 29.5 Å². The van der Waals surface area contributed by atoms with Gasteiger partial charge in [0.05, 0.1) is 49.2 Å². The molecule has 3 N–H and O–H groups in total. The number of aromatic nitrogens is 6. The van der Waals surface area contributed by atoms with Gasteiger partial charge in [0.25, 0.3) is 0 Å². The average molecular weight is 797 g/mol. The number of rotatable bonds is 9. The molecule has 0 spiro atoms. The summed E-state index contributed by atoms with van der Waals surface area (Å²) in [6.07, 6.45) is 11.5. The molecular weight excluding hydrogens is 761 g/mol. The largest absolute Gasteiger partial charge is 0.497 e. The smallest absolute Gasteiger partial charge is 0.189 e. The van der Waals surface area contributed by atoms with Crippen molar-refractivity contribution in [3.63, 3.8) is 0 Å². The second-order valence-corrected chi connectivity index (χ2v) is 13.6. The van der Waals surface area contributed by atoms with Crippen LogP contribution < -0.4 is 20.5 Å². The lowest BCUT2D eigenvalue weighted by atomic mass is 10.1. The molecule has 0 atom stereocenters. The summed E-state index contributed by atoms with van der Waals surface area (Å²) in [7, 11) is 3.26. The van der Waals surface area contributed by atoms with E-state index >= 15 is 0 Å². The van der Waals surface area contributed by atoms with Crippen molar-refractivity contribution in [1.29, 1.82) is 0 Å². The number of carbonyl (C=O) groups excluding carboxylic acids is 1. The van der Waals surface area contributed by atoms with E-state index in [0.29, 0.717) is 27.4 Å². The number of anilines is 3. The van der Waals surface area contributed by atoms with E-state index in [4.69, 9.17) is 29.0 Å². The lowest BCUT2D eigenvalue weighted by Crippen LogP contribution is -2.02. The van der Waals surface area contributed by atoms with Crippen molar-refractivity contribution in [2.24, 2.45) is 0 Å². The molecule has 0 radical (unpaired) electrons. The van der Waals surface area contributed by atoms with Gasteiger partial charge in [-0.1, -0.05) is 23.5 Å². The molecule has 0 unspecified atom stereocenters. The van der Waals surface area contributed by atoms with Crippen LogP contribution in [0.1, 0.15) is 10.4 Å². The summed E-state index contributed by atoms with van der Waals surface area (Å²) in [5.41, 5.74) is 12.4. The van der Waals surface area contributed by atoms with E-state index in [1.54, 1.807) is 69.5 Å². The average Bonchev–Trinajstić information content (AvgIpc) is 4.03. The van der Waals surface area contributed by atoms with Crippen molar-refractivity contribution >= 4 is 80.0 Å². The predicted molar refractivity (Wildman–Crippen MR) is 226 cm³/mol. The normalized spacial score (nSPS) is 10.7. The molecule has 57 heavy (non-hydrogen) atoms. The Bertz CT molecular complexity index is 2800. The fourth-order valence-electron chi connectivity index (χ4n) is 5.76. The van der Waals surface area contributed by atoms with Gasteiger partial charge in [-0.05, 0) is 97.4 Å². The summed E-state index contributed by atoms with van der Waals surface area (Å²) >= 11 is 3.00. The molecule has 4 aromatic carbocycles. The fourth-order valence-corrected chi connectivity index (χ4v) is 6.47.